The third kappa shape index (κ3) is 4.98. The lowest BCUT2D eigenvalue weighted by Crippen LogP contribution is -2.48. The molecular weight excluding hydrogens is 452 g/mol. The molecule has 0 radical (unpaired) electrons. The van der Waals surface area contributed by atoms with Crippen LogP contribution in [0, 0.1) is 11.8 Å². The Morgan fingerprint density at radius 1 is 1.06 bits per heavy atom. The number of urea groups is 1. The van der Waals surface area contributed by atoms with Crippen molar-refractivity contribution in [1.82, 2.24) is 19.8 Å². The summed E-state index contributed by atoms with van der Waals surface area (Å²) in [4.78, 5) is 68.8. The number of carbonyl (C=O) groups is 3. The van der Waals surface area contributed by atoms with E-state index < -0.39 is 41.2 Å². The molecule has 188 valence electrons. The van der Waals surface area contributed by atoms with Gasteiger partial charge >= 0.3 is 11.7 Å². The Bertz CT molecular complexity index is 1250. The molecule has 0 spiro atoms. The summed E-state index contributed by atoms with van der Waals surface area (Å²) in [5, 5.41) is 2.66. The van der Waals surface area contributed by atoms with Crippen molar-refractivity contribution in [3.05, 3.63) is 56.7 Å². The number of amides is 4. The predicted molar refractivity (Wildman–Crippen MR) is 132 cm³/mol. The Morgan fingerprint density at radius 3 is 2.26 bits per heavy atom. The van der Waals surface area contributed by atoms with Gasteiger partial charge in [0.15, 0.2) is 5.69 Å². The van der Waals surface area contributed by atoms with Gasteiger partial charge in [0.2, 0.25) is 5.91 Å². The van der Waals surface area contributed by atoms with Gasteiger partial charge in [0, 0.05) is 13.1 Å². The van der Waals surface area contributed by atoms with Crippen molar-refractivity contribution >= 4 is 29.4 Å². The molecule has 3 rings (SSSR count). The van der Waals surface area contributed by atoms with E-state index in [0.29, 0.717) is 5.56 Å². The molecule has 1 saturated heterocycles. The number of carbonyl (C=O) groups excluding carboxylic acids is 3. The van der Waals surface area contributed by atoms with Crippen LogP contribution in [0.5, 0.6) is 0 Å². The second kappa shape index (κ2) is 9.77. The summed E-state index contributed by atoms with van der Waals surface area (Å²) in [6, 6.07) is 8.00. The number of hydrogen-bond donors (Lipinski definition) is 3. The Labute approximate surface area is 202 Å². The fourth-order valence-corrected chi connectivity index (χ4v) is 4.10. The van der Waals surface area contributed by atoms with Crippen LogP contribution in [0.1, 0.15) is 40.2 Å². The van der Waals surface area contributed by atoms with Crippen LogP contribution in [0.25, 0.3) is 0 Å². The lowest BCUT2D eigenvalue weighted by Gasteiger charge is -2.28. The molecule has 1 fully saturated rings. The van der Waals surface area contributed by atoms with Crippen LogP contribution in [0.3, 0.4) is 0 Å². The van der Waals surface area contributed by atoms with Gasteiger partial charge in [-0.3, -0.25) is 28.8 Å². The van der Waals surface area contributed by atoms with Gasteiger partial charge in [-0.2, -0.15) is 0 Å². The highest BCUT2D eigenvalue weighted by molar-refractivity contribution is 6.10. The van der Waals surface area contributed by atoms with Crippen molar-refractivity contribution < 1.29 is 14.4 Å². The molecule has 2 aromatic rings. The van der Waals surface area contributed by atoms with Gasteiger partial charge in [-0.1, -0.05) is 58.0 Å². The average Bonchev–Trinajstić information content (AvgIpc) is 3.00. The summed E-state index contributed by atoms with van der Waals surface area (Å²) in [6.07, 6.45) is 0. The molecule has 0 saturated carbocycles. The Kier molecular flexibility index (Phi) is 7.18. The summed E-state index contributed by atoms with van der Waals surface area (Å²) < 4.78 is 1.21. The smallest absolute Gasteiger partial charge is 0.330 e. The molecule has 1 unspecified atom stereocenters. The van der Waals surface area contributed by atoms with Gasteiger partial charge in [-0.15, -0.1) is 0 Å². The van der Waals surface area contributed by atoms with Crippen molar-refractivity contribution in [3.8, 4) is 0 Å². The molecule has 1 aromatic heterocycles. The minimum Gasteiger partial charge on any atom is -0.383 e. The number of aromatic amines is 1. The zero-order valence-electron chi connectivity index (χ0n) is 20.6. The van der Waals surface area contributed by atoms with E-state index in [9.17, 15) is 24.0 Å². The number of nitrogens with zero attached hydrogens (tertiary/aromatic N) is 3. The number of H-pyrrole nitrogens is 1. The third-order valence-electron chi connectivity index (χ3n) is 5.80. The minimum atomic E-state index is -1.33. The second-order valence-electron chi connectivity index (χ2n) is 9.71. The zero-order chi connectivity index (χ0) is 26.1. The van der Waals surface area contributed by atoms with Gasteiger partial charge in [-0.25, -0.2) is 9.59 Å². The molecule has 1 aliphatic rings. The molecule has 4 amide bonds. The first kappa shape index (κ1) is 25.7. The average molecular weight is 485 g/mol. The first-order chi connectivity index (χ1) is 16.4. The molecule has 0 bridgehead atoms. The van der Waals surface area contributed by atoms with Gasteiger partial charge < -0.3 is 16.0 Å². The standard InChI is InChI=1S/C24H32N6O5/c1-14(2)11-28(18-19(25)29(12-15(3)4)22(34)26-20(18)32)17(31)13-30-21(33)24(5,27-23(30)35)16-9-7-6-8-10-16/h6-10,14-15H,11-13,25H2,1-5H3,(H,27,35)(H,26,32,34). The van der Waals surface area contributed by atoms with E-state index in [4.69, 9.17) is 5.73 Å². The van der Waals surface area contributed by atoms with Crippen LogP contribution in [-0.4, -0.2) is 45.4 Å². The first-order valence-electron chi connectivity index (χ1n) is 11.5. The molecular formula is C24H32N6O5. The predicted octanol–water partition coefficient (Wildman–Crippen LogP) is 1.23. The van der Waals surface area contributed by atoms with Crippen molar-refractivity contribution in [3.63, 3.8) is 0 Å². The lowest BCUT2D eigenvalue weighted by molar-refractivity contribution is -0.134. The molecule has 4 N–H and O–H groups in total. The molecule has 1 aliphatic heterocycles. The highest BCUT2D eigenvalue weighted by atomic mass is 16.2. The second-order valence-corrected chi connectivity index (χ2v) is 9.71. The summed E-state index contributed by atoms with van der Waals surface area (Å²) in [5.74, 6) is -1.44. The van der Waals surface area contributed by atoms with Crippen LogP contribution in [0.2, 0.25) is 0 Å². The van der Waals surface area contributed by atoms with Gasteiger partial charge in [-0.05, 0) is 24.3 Å². The molecule has 11 heteroatoms. The Hall–Kier alpha value is -3.89. The van der Waals surface area contributed by atoms with E-state index in [0.717, 1.165) is 9.80 Å². The largest absolute Gasteiger partial charge is 0.383 e. The van der Waals surface area contributed by atoms with E-state index in [1.54, 1.807) is 37.3 Å². The summed E-state index contributed by atoms with van der Waals surface area (Å²) >= 11 is 0. The van der Waals surface area contributed by atoms with Crippen molar-refractivity contribution in [2.24, 2.45) is 11.8 Å². The SMILES string of the molecule is CC(C)CN(C(=O)CN1C(=O)NC(C)(c2ccccc2)C1=O)c1c(N)n(CC(C)C)c(=O)[nH]c1=O. The number of imide groups is 1. The highest BCUT2D eigenvalue weighted by Crippen LogP contribution is 2.29. The fraction of sp³-hybridized carbons (Fsp3) is 0.458. The van der Waals surface area contributed by atoms with E-state index >= 15 is 0 Å². The molecule has 1 atom stereocenters. The summed E-state index contributed by atoms with van der Waals surface area (Å²) in [6.45, 7) is 8.76. The molecule has 1 aromatic carbocycles. The lowest BCUT2D eigenvalue weighted by atomic mass is 9.92. The summed E-state index contributed by atoms with van der Waals surface area (Å²) in [5.41, 5.74) is 3.80. The van der Waals surface area contributed by atoms with Gasteiger partial charge in [0.05, 0.1) is 0 Å². The number of nitrogens with two attached hydrogens (primary N) is 1. The minimum absolute atomic E-state index is 0.0459. The maximum absolute atomic E-state index is 13.5. The molecule has 2 heterocycles. The Balaban J connectivity index is 1.98. The third-order valence-corrected chi connectivity index (χ3v) is 5.80. The molecule has 0 aliphatic carbocycles. The van der Waals surface area contributed by atoms with E-state index in [-0.39, 0.29) is 36.4 Å². The van der Waals surface area contributed by atoms with Crippen molar-refractivity contribution in [2.75, 3.05) is 23.7 Å². The van der Waals surface area contributed by atoms with Gasteiger partial charge in [0.25, 0.3) is 11.5 Å². The summed E-state index contributed by atoms with van der Waals surface area (Å²) in [7, 11) is 0. The maximum atomic E-state index is 13.5. The van der Waals surface area contributed by atoms with E-state index in [1.807, 2.05) is 27.7 Å². The normalized spacial score (nSPS) is 17.9. The van der Waals surface area contributed by atoms with Crippen LogP contribution in [0.4, 0.5) is 16.3 Å². The monoisotopic (exact) mass is 484 g/mol. The van der Waals surface area contributed by atoms with Crippen molar-refractivity contribution in [1.29, 1.82) is 0 Å². The van der Waals surface area contributed by atoms with Crippen molar-refractivity contribution in [2.45, 2.75) is 46.7 Å². The van der Waals surface area contributed by atoms with E-state index in [1.165, 1.54) is 4.57 Å². The van der Waals surface area contributed by atoms with Crippen LogP contribution < -0.4 is 27.2 Å². The first-order valence-corrected chi connectivity index (χ1v) is 11.5. The van der Waals surface area contributed by atoms with Gasteiger partial charge in [0.1, 0.15) is 17.9 Å². The number of aromatic nitrogens is 2. The number of nitrogen functional groups attached to an aromatic ring is 1. The fourth-order valence-electron chi connectivity index (χ4n) is 4.10. The molecule has 35 heavy (non-hydrogen) atoms. The number of nitrogens with one attached hydrogen (secondary N) is 2. The quantitative estimate of drug-likeness (QED) is 0.480. The zero-order valence-corrected chi connectivity index (χ0v) is 20.6. The van der Waals surface area contributed by atoms with E-state index in [2.05, 4.69) is 10.3 Å². The maximum Gasteiger partial charge on any atom is 0.330 e. The Morgan fingerprint density at radius 2 is 1.69 bits per heavy atom. The number of rotatable bonds is 8. The number of anilines is 2. The van der Waals surface area contributed by atoms with Crippen LogP contribution in [0.15, 0.2) is 39.9 Å². The molecule has 11 nitrogen and oxygen atoms in total. The number of hydrogen-bond acceptors (Lipinski definition) is 6. The number of benzene rings is 1. The topological polar surface area (TPSA) is 151 Å². The highest BCUT2D eigenvalue weighted by Gasteiger charge is 2.49. The van der Waals surface area contributed by atoms with Crippen LogP contribution >= 0.6 is 0 Å². The van der Waals surface area contributed by atoms with Crippen LogP contribution in [-0.2, 0) is 21.7 Å².